The van der Waals surface area contributed by atoms with Gasteiger partial charge in [-0.25, -0.2) is 0 Å². The van der Waals surface area contributed by atoms with Gasteiger partial charge in [-0.3, -0.25) is 0 Å². The van der Waals surface area contributed by atoms with E-state index in [1.54, 1.807) is 18.2 Å². The number of benzene rings is 1. The number of aliphatic hydroxyl groups excluding tert-OH is 5. The predicted molar refractivity (Wildman–Crippen MR) is 100 cm³/mol. The zero-order chi connectivity index (χ0) is 19.7. The molecule has 10 heteroatoms. The zero-order valence-corrected chi connectivity index (χ0v) is 17.5. The summed E-state index contributed by atoms with van der Waals surface area (Å²) in [4.78, 5) is -0.408. The summed E-state index contributed by atoms with van der Waals surface area (Å²) in [5, 5.41) is 51.7. The van der Waals surface area contributed by atoms with Crippen molar-refractivity contribution in [1.82, 2.24) is 0 Å². The van der Waals surface area contributed by atoms with Crippen LogP contribution in [0.1, 0.15) is 11.9 Å². The monoisotopic (exact) mass is 489 g/mol. The van der Waals surface area contributed by atoms with Crippen molar-refractivity contribution in [3.05, 3.63) is 33.8 Å². The summed E-state index contributed by atoms with van der Waals surface area (Å²) in [5.74, 6) is 0. The van der Waals surface area contributed by atoms with Crippen molar-refractivity contribution in [2.45, 2.75) is 52.3 Å². The van der Waals surface area contributed by atoms with Crippen LogP contribution < -0.4 is 0 Å². The SMILES string of the molecule is OC[C@@H]1[C@@H](O)[C@H](O)C[Se@+]1C[C@@H](O)[C@H]1OC(c2cc(Cl)cc(Cl)c2)OC[C@H]1O. The Kier molecular flexibility index (Phi) is 7.44. The molecule has 1 unspecified atom stereocenters. The number of ether oxygens (including phenoxy) is 2. The van der Waals surface area contributed by atoms with Gasteiger partial charge in [0.05, 0.1) is 0 Å². The van der Waals surface area contributed by atoms with Gasteiger partial charge in [0.15, 0.2) is 0 Å². The van der Waals surface area contributed by atoms with Gasteiger partial charge in [-0.1, -0.05) is 0 Å². The van der Waals surface area contributed by atoms with E-state index in [0.29, 0.717) is 20.9 Å². The Morgan fingerprint density at radius 3 is 2.41 bits per heavy atom. The van der Waals surface area contributed by atoms with Crippen molar-refractivity contribution >= 4 is 37.1 Å². The first-order valence-electron chi connectivity index (χ1n) is 8.52. The van der Waals surface area contributed by atoms with E-state index in [9.17, 15) is 25.5 Å². The molecule has 3 rings (SSSR count). The molecule has 0 spiro atoms. The minimum atomic E-state index is -1.70. The Morgan fingerprint density at radius 1 is 1.11 bits per heavy atom. The molecule has 2 saturated heterocycles. The van der Waals surface area contributed by atoms with Crippen LogP contribution >= 0.6 is 23.2 Å². The summed E-state index contributed by atoms with van der Waals surface area (Å²) in [6.45, 7) is -0.272. The molecule has 0 radical (unpaired) electrons. The molecular formula is C17H23Cl2O7Se+. The summed E-state index contributed by atoms with van der Waals surface area (Å²) < 4.78 is 11.3. The van der Waals surface area contributed by atoms with Crippen LogP contribution in [0, 0.1) is 0 Å². The molecule has 2 heterocycles. The van der Waals surface area contributed by atoms with E-state index in [4.69, 9.17) is 32.7 Å². The summed E-state index contributed by atoms with van der Waals surface area (Å²) in [7, 11) is 0. The molecule has 2 fully saturated rings. The summed E-state index contributed by atoms with van der Waals surface area (Å²) in [6, 6.07) is 4.85. The molecule has 1 aromatic carbocycles. The topological polar surface area (TPSA) is 120 Å². The van der Waals surface area contributed by atoms with E-state index in [2.05, 4.69) is 0 Å². The Balaban J connectivity index is 1.69. The van der Waals surface area contributed by atoms with Crippen LogP contribution in [0.5, 0.6) is 0 Å². The summed E-state index contributed by atoms with van der Waals surface area (Å²) in [5.41, 5.74) is 0.576. The van der Waals surface area contributed by atoms with E-state index in [0.717, 1.165) is 0 Å². The van der Waals surface area contributed by atoms with E-state index >= 15 is 0 Å². The third-order valence-electron chi connectivity index (χ3n) is 4.77. The molecule has 27 heavy (non-hydrogen) atoms. The third-order valence-corrected chi connectivity index (χ3v) is 11.1. The maximum absolute atomic E-state index is 10.7. The van der Waals surface area contributed by atoms with Crippen molar-refractivity contribution in [3.8, 4) is 0 Å². The molecule has 0 aliphatic carbocycles. The molecule has 2 aliphatic heterocycles. The minimum absolute atomic E-state index is 0.0319. The van der Waals surface area contributed by atoms with Crippen molar-refractivity contribution in [2.75, 3.05) is 13.2 Å². The van der Waals surface area contributed by atoms with Crippen LogP contribution in [0.15, 0.2) is 18.2 Å². The van der Waals surface area contributed by atoms with Gasteiger partial charge in [0.2, 0.25) is 0 Å². The fourth-order valence-corrected chi connectivity index (χ4v) is 9.56. The van der Waals surface area contributed by atoms with Gasteiger partial charge in [0, 0.05) is 0 Å². The number of rotatable bonds is 5. The van der Waals surface area contributed by atoms with Gasteiger partial charge >= 0.3 is 171 Å². The normalized spacial score (nSPS) is 38.1. The quantitative estimate of drug-likeness (QED) is 0.387. The van der Waals surface area contributed by atoms with Gasteiger partial charge in [-0.2, -0.15) is 0 Å². The standard InChI is InChI=1S/C17H23Cl2O7Se/c18-9-1-8(2-10(19)3-9)17-25-5-11(21)16(26-17)13(23)7-27-6-12(22)15(24)14(27)4-20/h1-3,11-17,20-24H,4-7H2/q+1/t11-,12-,13-,14-,15+,16+,17?,27-/m1/s1. The number of aliphatic hydroxyl groups is 5. The average molecular weight is 489 g/mol. The molecule has 0 amide bonds. The Bertz CT molecular complexity index is 631. The van der Waals surface area contributed by atoms with Gasteiger partial charge in [-0.05, 0) is 0 Å². The first kappa shape index (κ1) is 21.7. The summed E-state index contributed by atoms with van der Waals surface area (Å²) in [6.07, 6.45) is -5.65. The van der Waals surface area contributed by atoms with Gasteiger partial charge in [-0.15, -0.1) is 0 Å². The van der Waals surface area contributed by atoms with E-state index in [1.807, 2.05) is 0 Å². The molecule has 0 aromatic heterocycles. The molecule has 0 bridgehead atoms. The van der Waals surface area contributed by atoms with Crippen LogP contribution in [-0.2, 0) is 9.47 Å². The van der Waals surface area contributed by atoms with Crippen molar-refractivity contribution in [3.63, 3.8) is 0 Å². The van der Waals surface area contributed by atoms with Crippen LogP contribution in [-0.4, -0.2) is 83.2 Å². The van der Waals surface area contributed by atoms with E-state index in [1.165, 1.54) is 0 Å². The molecule has 0 saturated carbocycles. The first-order valence-corrected chi connectivity index (χ1v) is 12.7. The molecule has 152 valence electrons. The molecular weight excluding hydrogens is 466 g/mol. The number of hydrogen-bond acceptors (Lipinski definition) is 7. The zero-order valence-electron chi connectivity index (χ0n) is 14.3. The Hall–Kier alpha value is 0.0395. The molecule has 8 atom stereocenters. The summed E-state index contributed by atoms with van der Waals surface area (Å²) >= 11 is 10.3. The Labute approximate surface area is 171 Å². The molecule has 1 aromatic rings. The van der Waals surface area contributed by atoms with Gasteiger partial charge < -0.3 is 0 Å². The average Bonchev–Trinajstić information content (AvgIpc) is 2.87. The first-order chi connectivity index (χ1) is 12.8. The second-order valence-corrected chi connectivity index (χ2v) is 12.6. The van der Waals surface area contributed by atoms with Crippen LogP contribution in [0.3, 0.4) is 0 Å². The van der Waals surface area contributed by atoms with Crippen molar-refractivity contribution < 1.29 is 35.0 Å². The number of hydrogen-bond donors (Lipinski definition) is 5. The van der Waals surface area contributed by atoms with Crippen LogP contribution in [0.4, 0.5) is 0 Å². The van der Waals surface area contributed by atoms with Gasteiger partial charge in [0.25, 0.3) is 0 Å². The van der Waals surface area contributed by atoms with Gasteiger partial charge in [0.1, 0.15) is 0 Å². The van der Waals surface area contributed by atoms with Crippen LogP contribution in [0.2, 0.25) is 25.5 Å². The second-order valence-electron chi connectivity index (χ2n) is 6.75. The van der Waals surface area contributed by atoms with Crippen LogP contribution in [0.25, 0.3) is 0 Å². The van der Waals surface area contributed by atoms with Crippen molar-refractivity contribution in [1.29, 1.82) is 0 Å². The molecule has 7 nitrogen and oxygen atoms in total. The fraction of sp³-hybridized carbons (Fsp3) is 0.647. The van der Waals surface area contributed by atoms with Crippen molar-refractivity contribution in [2.24, 2.45) is 0 Å². The van der Waals surface area contributed by atoms with E-state index in [-0.39, 0.29) is 18.5 Å². The molecule has 5 N–H and O–H groups in total. The second kappa shape index (κ2) is 9.24. The van der Waals surface area contributed by atoms with E-state index < -0.39 is 55.5 Å². The Morgan fingerprint density at radius 2 is 1.78 bits per heavy atom. The predicted octanol–water partition coefficient (Wildman–Crippen LogP) is 0.722. The number of halogens is 2. The molecule has 2 aliphatic rings. The fourth-order valence-electron chi connectivity index (χ4n) is 3.39. The maximum atomic E-state index is 10.7. The third kappa shape index (κ3) is 4.97.